The zero-order chi connectivity index (χ0) is 20.3. The highest BCUT2D eigenvalue weighted by molar-refractivity contribution is 7.89. The van der Waals surface area contributed by atoms with Gasteiger partial charge in [-0.3, -0.25) is 4.90 Å². The van der Waals surface area contributed by atoms with Gasteiger partial charge in [0.15, 0.2) is 0 Å². The van der Waals surface area contributed by atoms with Gasteiger partial charge in [-0.1, -0.05) is 0 Å². The van der Waals surface area contributed by atoms with E-state index < -0.39 is 28.3 Å². The monoisotopic (exact) mass is 415 g/mol. The van der Waals surface area contributed by atoms with E-state index in [-0.39, 0.29) is 24.1 Å². The highest BCUT2D eigenvalue weighted by atomic mass is 32.2. The fourth-order valence-corrected chi connectivity index (χ4v) is 4.79. The Kier molecular flexibility index (Phi) is 6.92. The Hall–Kier alpha value is -1.27. The molecular formula is C18H29N3O6S. The smallest absolute Gasteiger partial charge is 0.240 e. The Labute approximate surface area is 165 Å². The number of sulfonamides is 1. The highest BCUT2D eigenvalue weighted by Crippen LogP contribution is 2.27. The molecule has 158 valence electrons. The van der Waals surface area contributed by atoms with Crippen molar-refractivity contribution in [3.63, 3.8) is 0 Å². The van der Waals surface area contributed by atoms with Gasteiger partial charge in [-0.05, 0) is 31.3 Å². The number of rotatable bonds is 7. The molecule has 0 saturated carbocycles. The molecule has 0 bridgehead atoms. The first-order valence-corrected chi connectivity index (χ1v) is 10.8. The van der Waals surface area contributed by atoms with E-state index in [1.807, 2.05) is 7.05 Å². The van der Waals surface area contributed by atoms with Gasteiger partial charge in [0, 0.05) is 32.7 Å². The van der Waals surface area contributed by atoms with Gasteiger partial charge in [0.1, 0.15) is 18.0 Å². The lowest BCUT2D eigenvalue weighted by atomic mass is 10.0. The summed E-state index contributed by atoms with van der Waals surface area (Å²) in [4.78, 5) is 4.44. The van der Waals surface area contributed by atoms with Crippen molar-refractivity contribution in [2.45, 2.75) is 29.2 Å². The lowest BCUT2D eigenvalue weighted by Gasteiger charge is -2.39. The fraction of sp³-hybridized carbons (Fsp3) is 0.667. The van der Waals surface area contributed by atoms with Gasteiger partial charge in [-0.25, -0.2) is 13.1 Å². The minimum absolute atomic E-state index is 0.0128. The van der Waals surface area contributed by atoms with E-state index in [1.54, 1.807) is 12.1 Å². The van der Waals surface area contributed by atoms with E-state index >= 15 is 0 Å². The predicted molar refractivity (Wildman–Crippen MR) is 103 cm³/mol. The Balaban J connectivity index is 1.69. The number of hydrogen-bond acceptors (Lipinski definition) is 8. The number of hydrogen-bond donors (Lipinski definition) is 3. The SMILES string of the molecule is COc1ccc(S(=O)(=O)NCC2OC(CO)C(O)C2N2CCN(C)CC2)cc1. The number of benzene rings is 1. The highest BCUT2D eigenvalue weighted by Gasteiger charge is 2.46. The molecule has 9 nitrogen and oxygen atoms in total. The molecule has 10 heteroatoms. The summed E-state index contributed by atoms with van der Waals surface area (Å²) in [5, 5.41) is 20.1. The predicted octanol–water partition coefficient (Wildman–Crippen LogP) is -1.29. The number of nitrogens with zero attached hydrogens (tertiary/aromatic N) is 2. The summed E-state index contributed by atoms with van der Waals surface area (Å²) in [5.41, 5.74) is 0. The van der Waals surface area contributed by atoms with Crippen molar-refractivity contribution in [1.29, 1.82) is 0 Å². The molecule has 1 aromatic carbocycles. The first-order valence-electron chi connectivity index (χ1n) is 9.36. The van der Waals surface area contributed by atoms with Gasteiger partial charge in [-0.2, -0.15) is 0 Å². The van der Waals surface area contributed by atoms with Crippen LogP contribution in [0.3, 0.4) is 0 Å². The van der Waals surface area contributed by atoms with Crippen LogP contribution in [0.15, 0.2) is 29.2 Å². The second kappa shape index (κ2) is 9.04. The van der Waals surface area contributed by atoms with Crippen molar-refractivity contribution in [2.24, 2.45) is 0 Å². The number of likely N-dealkylation sites (N-methyl/N-ethyl adjacent to an activating group) is 1. The third kappa shape index (κ3) is 4.65. The minimum Gasteiger partial charge on any atom is -0.497 e. The molecule has 2 aliphatic rings. The summed E-state index contributed by atoms with van der Waals surface area (Å²) in [6.07, 6.45) is -2.15. The Morgan fingerprint density at radius 3 is 2.39 bits per heavy atom. The van der Waals surface area contributed by atoms with Crippen LogP contribution in [0, 0.1) is 0 Å². The summed E-state index contributed by atoms with van der Waals surface area (Å²) >= 11 is 0. The fourth-order valence-electron chi connectivity index (χ4n) is 3.75. The normalized spacial score (nSPS) is 29.9. The van der Waals surface area contributed by atoms with Crippen LogP contribution in [-0.2, 0) is 14.8 Å². The standard InChI is InChI=1S/C18H29N3O6S/c1-20-7-9-21(10-8-20)17-15(27-16(12-22)18(17)23)11-19-28(24,25)14-5-3-13(26-2)4-6-14/h3-6,15-19,22-23H,7-12H2,1-2H3. The van der Waals surface area contributed by atoms with Crippen molar-refractivity contribution < 1.29 is 28.1 Å². The topological polar surface area (TPSA) is 112 Å². The minimum atomic E-state index is -3.73. The van der Waals surface area contributed by atoms with Gasteiger partial charge in [0.2, 0.25) is 10.0 Å². The first-order chi connectivity index (χ1) is 13.4. The van der Waals surface area contributed by atoms with Crippen molar-refractivity contribution in [3.05, 3.63) is 24.3 Å². The lowest BCUT2D eigenvalue weighted by molar-refractivity contribution is -0.0201. The van der Waals surface area contributed by atoms with Crippen molar-refractivity contribution >= 4 is 10.0 Å². The molecule has 0 spiro atoms. The molecular weight excluding hydrogens is 386 g/mol. The third-order valence-corrected chi connectivity index (χ3v) is 6.88. The van der Waals surface area contributed by atoms with E-state index in [1.165, 1.54) is 19.2 Å². The average molecular weight is 416 g/mol. The number of aliphatic hydroxyl groups excluding tert-OH is 2. The molecule has 2 saturated heterocycles. The quantitative estimate of drug-likeness (QED) is 0.505. The van der Waals surface area contributed by atoms with Crippen LogP contribution >= 0.6 is 0 Å². The average Bonchev–Trinajstić information content (AvgIpc) is 3.03. The Bertz CT molecular complexity index is 736. The summed E-state index contributed by atoms with van der Waals surface area (Å²) in [6, 6.07) is 5.74. The van der Waals surface area contributed by atoms with Gasteiger partial charge >= 0.3 is 0 Å². The van der Waals surface area contributed by atoms with Gasteiger partial charge in [-0.15, -0.1) is 0 Å². The van der Waals surface area contributed by atoms with E-state index in [4.69, 9.17) is 9.47 Å². The summed E-state index contributed by atoms with van der Waals surface area (Å²) in [7, 11) is -0.182. The van der Waals surface area contributed by atoms with Gasteiger partial charge in [0.25, 0.3) is 0 Å². The van der Waals surface area contributed by atoms with Crippen LogP contribution < -0.4 is 9.46 Å². The van der Waals surface area contributed by atoms with Gasteiger partial charge < -0.3 is 24.6 Å². The number of aliphatic hydroxyl groups is 2. The molecule has 3 rings (SSSR count). The van der Waals surface area contributed by atoms with E-state index in [2.05, 4.69) is 14.5 Å². The van der Waals surface area contributed by atoms with E-state index in [0.29, 0.717) is 5.75 Å². The second-order valence-corrected chi connectivity index (χ2v) is 9.01. The molecule has 3 N–H and O–H groups in total. The van der Waals surface area contributed by atoms with Crippen molar-refractivity contribution in [3.8, 4) is 5.75 Å². The van der Waals surface area contributed by atoms with E-state index in [9.17, 15) is 18.6 Å². The molecule has 0 radical (unpaired) electrons. The Morgan fingerprint density at radius 2 is 1.82 bits per heavy atom. The van der Waals surface area contributed by atoms with Crippen molar-refractivity contribution in [2.75, 3.05) is 53.5 Å². The van der Waals surface area contributed by atoms with Crippen LogP contribution in [0.4, 0.5) is 0 Å². The number of nitrogens with one attached hydrogen (secondary N) is 1. The molecule has 28 heavy (non-hydrogen) atoms. The second-order valence-electron chi connectivity index (χ2n) is 7.24. The summed E-state index contributed by atoms with van der Waals surface area (Å²) in [5.74, 6) is 0.571. The zero-order valence-corrected chi connectivity index (χ0v) is 17.0. The Morgan fingerprint density at radius 1 is 1.18 bits per heavy atom. The van der Waals surface area contributed by atoms with Crippen LogP contribution in [0.2, 0.25) is 0 Å². The van der Waals surface area contributed by atoms with Gasteiger partial charge in [0.05, 0.1) is 30.8 Å². The van der Waals surface area contributed by atoms with Crippen LogP contribution in [0.5, 0.6) is 5.75 Å². The molecule has 0 amide bonds. The number of ether oxygens (including phenoxy) is 2. The first kappa shape index (κ1) is 21.4. The summed E-state index contributed by atoms with van der Waals surface area (Å²) < 4.78 is 38.6. The van der Waals surface area contributed by atoms with Crippen LogP contribution in [-0.4, -0.2) is 106 Å². The maximum Gasteiger partial charge on any atom is 0.240 e. The number of piperazine rings is 1. The van der Waals surface area contributed by atoms with Crippen molar-refractivity contribution in [1.82, 2.24) is 14.5 Å². The molecule has 0 aliphatic carbocycles. The third-order valence-electron chi connectivity index (χ3n) is 5.45. The molecule has 2 heterocycles. The maximum atomic E-state index is 12.6. The molecule has 4 unspecified atom stereocenters. The lowest BCUT2D eigenvalue weighted by Crippen LogP contribution is -2.56. The molecule has 1 aromatic rings. The van der Waals surface area contributed by atoms with E-state index in [0.717, 1.165) is 26.2 Å². The molecule has 0 aromatic heterocycles. The molecule has 2 fully saturated rings. The maximum absolute atomic E-state index is 12.6. The van der Waals surface area contributed by atoms with Crippen LogP contribution in [0.25, 0.3) is 0 Å². The summed E-state index contributed by atoms with van der Waals surface area (Å²) in [6.45, 7) is 2.92. The van der Waals surface area contributed by atoms with Crippen LogP contribution in [0.1, 0.15) is 0 Å². The number of methoxy groups -OCH3 is 1. The largest absolute Gasteiger partial charge is 0.497 e. The molecule has 2 aliphatic heterocycles. The molecule has 4 atom stereocenters. The zero-order valence-electron chi connectivity index (χ0n) is 16.2.